The Morgan fingerprint density at radius 2 is 1.90 bits per heavy atom. The normalized spacial score (nSPS) is 26.6. The van der Waals surface area contributed by atoms with Crippen LogP contribution in [0.1, 0.15) is 74.7 Å². The summed E-state index contributed by atoms with van der Waals surface area (Å²) in [4.78, 5) is 29.6. The number of likely N-dealkylation sites (N-methyl/N-ethyl adjacent to an activating group) is 1. The number of ether oxygens (including phenoxy) is 1. The summed E-state index contributed by atoms with van der Waals surface area (Å²) in [5.74, 6) is 0.637. The molecule has 168 valence electrons. The molecular weight excluding hydrogens is 390 g/mol. The first-order valence-electron chi connectivity index (χ1n) is 11.8. The van der Waals surface area contributed by atoms with E-state index in [1.807, 2.05) is 18.2 Å². The number of piperidine rings is 1. The summed E-state index contributed by atoms with van der Waals surface area (Å²) in [5, 5.41) is 2.79. The van der Waals surface area contributed by atoms with Gasteiger partial charge in [-0.25, -0.2) is 0 Å². The molecule has 6 nitrogen and oxygen atoms in total. The van der Waals surface area contributed by atoms with Gasteiger partial charge in [-0.1, -0.05) is 33.3 Å². The Bertz CT molecular complexity index is 848. The van der Waals surface area contributed by atoms with E-state index in [2.05, 4.69) is 30.6 Å². The van der Waals surface area contributed by atoms with Gasteiger partial charge in [-0.3, -0.25) is 14.5 Å². The molecule has 2 aliphatic heterocycles. The molecule has 2 fully saturated rings. The predicted octanol–water partition coefficient (Wildman–Crippen LogP) is 3.86. The number of hydrogen-bond donors (Lipinski definition) is 1. The summed E-state index contributed by atoms with van der Waals surface area (Å²) in [6.45, 7) is 10.8. The topological polar surface area (TPSA) is 61.9 Å². The van der Waals surface area contributed by atoms with Gasteiger partial charge >= 0.3 is 0 Å². The van der Waals surface area contributed by atoms with Gasteiger partial charge in [0, 0.05) is 23.8 Å². The highest BCUT2D eigenvalue weighted by Crippen LogP contribution is 2.32. The maximum Gasteiger partial charge on any atom is 0.255 e. The van der Waals surface area contributed by atoms with E-state index in [0.717, 1.165) is 36.5 Å². The minimum Gasteiger partial charge on any atom is -0.489 e. The molecule has 1 aromatic rings. The van der Waals surface area contributed by atoms with Crippen molar-refractivity contribution < 1.29 is 14.3 Å². The molecule has 1 N–H and O–H groups in total. The molecule has 0 radical (unpaired) electrons. The first kappa shape index (κ1) is 21.9. The standard InChI is InChI=1S/C25H35N3O3/c1-4-27(5-2)21-9-7-6-8-10-23(21)31-19-12-13-20-18(15-19)16-28(25(20)30)22-14-11-17(3)26-24(22)29/h12-13,15,21-23H,3-11,14,16H2,1-2H3,(H,26,29)/t21-,22?,23-/m0/s1. The van der Waals surface area contributed by atoms with Gasteiger partial charge in [0.25, 0.3) is 5.91 Å². The number of carbonyl (C=O) groups is 2. The zero-order chi connectivity index (χ0) is 22.0. The van der Waals surface area contributed by atoms with E-state index in [1.54, 1.807) is 4.90 Å². The lowest BCUT2D eigenvalue weighted by atomic mass is 10.0. The van der Waals surface area contributed by atoms with Gasteiger partial charge in [-0.15, -0.1) is 0 Å². The second-order valence-electron chi connectivity index (χ2n) is 8.98. The second kappa shape index (κ2) is 9.43. The molecule has 3 atom stereocenters. The lowest BCUT2D eigenvalue weighted by Crippen LogP contribution is -2.49. The van der Waals surface area contributed by atoms with Gasteiger partial charge in [-0.05, 0) is 69.0 Å². The summed E-state index contributed by atoms with van der Waals surface area (Å²) in [6, 6.07) is 5.81. The van der Waals surface area contributed by atoms with Crippen molar-refractivity contribution in [3.8, 4) is 5.75 Å². The molecule has 1 saturated carbocycles. The number of amides is 2. The van der Waals surface area contributed by atoms with Crippen LogP contribution in [-0.4, -0.2) is 52.9 Å². The van der Waals surface area contributed by atoms with Crippen LogP contribution in [0.5, 0.6) is 5.75 Å². The third-order valence-corrected chi connectivity index (χ3v) is 7.09. The Labute approximate surface area is 185 Å². The molecule has 1 saturated heterocycles. The van der Waals surface area contributed by atoms with Gasteiger partial charge in [-0.2, -0.15) is 0 Å². The van der Waals surface area contributed by atoms with E-state index >= 15 is 0 Å². The molecule has 0 spiro atoms. The van der Waals surface area contributed by atoms with Gasteiger partial charge in [0.1, 0.15) is 17.9 Å². The van der Waals surface area contributed by atoms with E-state index in [0.29, 0.717) is 31.0 Å². The Morgan fingerprint density at radius 3 is 2.65 bits per heavy atom. The maximum atomic E-state index is 13.0. The van der Waals surface area contributed by atoms with Crippen molar-refractivity contribution in [3.63, 3.8) is 0 Å². The van der Waals surface area contributed by atoms with Crippen molar-refractivity contribution in [3.05, 3.63) is 41.6 Å². The molecule has 31 heavy (non-hydrogen) atoms. The molecule has 3 aliphatic rings. The van der Waals surface area contributed by atoms with Gasteiger partial charge < -0.3 is 15.0 Å². The number of allylic oxidation sites excluding steroid dienone is 1. The minimum absolute atomic E-state index is 0.0651. The van der Waals surface area contributed by atoms with Crippen molar-refractivity contribution in [1.29, 1.82) is 0 Å². The van der Waals surface area contributed by atoms with Crippen LogP contribution >= 0.6 is 0 Å². The summed E-state index contributed by atoms with van der Waals surface area (Å²) in [7, 11) is 0. The van der Waals surface area contributed by atoms with E-state index < -0.39 is 6.04 Å². The molecular formula is C25H35N3O3. The highest BCUT2D eigenvalue weighted by molar-refractivity contribution is 6.01. The fourth-order valence-electron chi connectivity index (χ4n) is 5.38. The van der Waals surface area contributed by atoms with Crippen LogP contribution in [0.2, 0.25) is 0 Å². The van der Waals surface area contributed by atoms with Crippen molar-refractivity contribution in [2.45, 2.75) is 83.5 Å². The van der Waals surface area contributed by atoms with Crippen LogP contribution in [0.3, 0.4) is 0 Å². The smallest absolute Gasteiger partial charge is 0.255 e. The molecule has 1 unspecified atom stereocenters. The maximum absolute atomic E-state index is 13.0. The van der Waals surface area contributed by atoms with Crippen LogP contribution in [0.4, 0.5) is 0 Å². The van der Waals surface area contributed by atoms with Crippen molar-refractivity contribution >= 4 is 11.8 Å². The minimum atomic E-state index is -0.427. The molecule has 2 amide bonds. The van der Waals surface area contributed by atoms with Gasteiger partial charge in [0.2, 0.25) is 5.91 Å². The zero-order valence-corrected chi connectivity index (χ0v) is 18.9. The lowest BCUT2D eigenvalue weighted by molar-refractivity contribution is -0.126. The Kier molecular flexibility index (Phi) is 6.65. The van der Waals surface area contributed by atoms with E-state index in [9.17, 15) is 9.59 Å². The number of rotatable bonds is 6. The molecule has 1 aliphatic carbocycles. The Balaban J connectivity index is 1.50. The molecule has 0 bridgehead atoms. The van der Waals surface area contributed by atoms with Crippen LogP contribution in [-0.2, 0) is 11.3 Å². The third kappa shape index (κ3) is 4.49. The van der Waals surface area contributed by atoms with E-state index in [-0.39, 0.29) is 17.9 Å². The summed E-state index contributed by atoms with van der Waals surface area (Å²) < 4.78 is 6.55. The quantitative estimate of drug-likeness (QED) is 0.703. The van der Waals surface area contributed by atoms with Crippen LogP contribution in [0.25, 0.3) is 0 Å². The average Bonchev–Trinajstić information content (AvgIpc) is 2.91. The largest absolute Gasteiger partial charge is 0.489 e. The highest BCUT2D eigenvalue weighted by Gasteiger charge is 2.38. The Hall–Kier alpha value is -2.34. The zero-order valence-electron chi connectivity index (χ0n) is 18.9. The van der Waals surface area contributed by atoms with Crippen molar-refractivity contribution in [2.24, 2.45) is 0 Å². The summed E-state index contributed by atoms with van der Waals surface area (Å²) >= 11 is 0. The fraction of sp³-hybridized carbons (Fsp3) is 0.600. The molecule has 4 rings (SSSR count). The summed E-state index contributed by atoms with van der Waals surface area (Å²) in [5.41, 5.74) is 2.37. The molecule has 1 aromatic carbocycles. The van der Waals surface area contributed by atoms with Gasteiger partial charge in [0.15, 0.2) is 0 Å². The third-order valence-electron chi connectivity index (χ3n) is 7.09. The van der Waals surface area contributed by atoms with Crippen LogP contribution < -0.4 is 10.1 Å². The second-order valence-corrected chi connectivity index (χ2v) is 8.98. The number of carbonyl (C=O) groups excluding carboxylic acids is 2. The first-order valence-corrected chi connectivity index (χ1v) is 11.8. The number of hydrogen-bond acceptors (Lipinski definition) is 4. The molecule has 2 heterocycles. The average molecular weight is 426 g/mol. The lowest BCUT2D eigenvalue weighted by Gasteiger charge is -2.35. The number of nitrogens with one attached hydrogen (secondary N) is 1. The van der Waals surface area contributed by atoms with Crippen molar-refractivity contribution in [1.82, 2.24) is 15.1 Å². The number of nitrogens with zero attached hydrogens (tertiary/aromatic N) is 2. The Morgan fingerprint density at radius 1 is 1.13 bits per heavy atom. The van der Waals surface area contributed by atoms with Crippen LogP contribution in [0, 0.1) is 0 Å². The SMILES string of the molecule is C=C1CCC(N2Cc3cc(O[C@H]4CCCCC[C@@H]4N(CC)CC)ccc3C2=O)C(=O)N1. The monoisotopic (exact) mass is 425 g/mol. The fourth-order valence-corrected chi connectivity index (χ4v) is 5.38. The number of benzene rings is 1. The molecule has 6 heteroatoms. The van der Waals surface area contributed by atoms with E-state index in [4.69, 9.17) is 4.74 Å². The first-order chi connectivity index (χ1) is 15.0. The van der Waals surface area contributed by atoms with Crippen LogP contribution in [0.15, 0.2) is 30.5 Å². The molecule has 0 aromatic heterocycles. The van der Waals surface area contributed by atoms with E-state index in [1.165, 1.54) is 25.7 Å². The van der Waals surface area contributed by atoms with Crippen molar-refractivity contribution in [2.75, 3.05) is 13.1 Å². The predicted molar refractivity (Wildman–Crippen MR) is 121 cm³/mol. The highest BCUT2D eigenvalue weighted by atomic mass is 16.5. The summed E-state index contributed by atoms with van der Waals surface area (Å²) in [6.07, 6.45) is 7.46. The number of fused-ring (bicyclic) bond motifs is 1. The van der Waals surface area contributed by atoms with Gasteiger partial charge in [0.05, 0.1) is 0 Å².